The lowest BCUT2D eigenvalue weighted by Gasteiger charge is -2.17. The summed E-state index contributed by atoms with van der Waals surface area (Å²) >= 11 is 6.01. The fraction of sp³-hybridized carbons (Fsp3) is 0.636. The molecule has 8 nitrogen and oxygen atoms in total. The number of nitrogens with zero attached hydrogens (tertiary/aromatic N) is 1. The number of carbonyl (C=O) groups is 2. The molecule has 0 bridgehead atoms. The van der Waals surface area contributed by atoms with Crippen molar-refractivity contribution in [3.05, 3.63) is 28.8 Å². The highest BCUT2D eigenvalue weighted by atomic mass is 35.5. The van der Waals surface area contributed by atoms with Crippen LogP contribution in [0.5, 0.6) is 5.75 Å². The first-order valence-corrected chi connectivity index (χ1v) is 11.4. The SMILES string of the molecule is CCC(N)NC(=O)NCCCCCN1CC[C@H](CNC(=O)c2cc(Cl)ccc2OC)C1. The van der Waals surface area contributed by atoms with Crippen LogP contribution in [0.25, 0.3) is 0 Å². The largest absolute Gasteiger partial charge is 0.496 e. The van der Waals surface area contributed by atoms with E-state index in [0.29, 0.717) is 41.8 Å². The number of benzene rings is 1. The highest BCUT2D eigenvalue weighted by Gasteiger charge is 2.23. The summed E-state index contributed by atoms with van der Waals surface area (Å²) in [5.41, 5.74) is 6.14. The number of ether oxygens (including phenoxy) is 1. The van der Waals surface area contributed by atoms with Crippen LogP contribution in [0, 0.1) is 5.92 Å². The zero-order valence-electron chi connectivity index (χ0n) is 18.6. The van der Waals surface area contributed by atoms with Gasteiger partial charge in [0.15, 0.2) is 0 Å². The van der Waals surface area contributed by atoms with Crippen LogP contribution in [-0.4, -0.2) is 62.8 Å². The number of rotatable bonds is 12. The van der Waals surface area contributed by atoms with E-state index in [1.54, 1.807) is 25.3 Å². The van der Waals surface area contributed by atoms with Crippen molar-refractivity contribution in [2.24, 2.45) is 11.7 Å². The van der Waals surface area contributed by atoms with Crippen LogP contribution in [0.2, 0.25) is 5.02 Å². The maximum Gasteiger partial charge on any atom is 0.316 e. The summed E-state index contributed by atoms with van der Waals surface area (Å²) in [6.45, 7) is 6.31. The van der Waals surface area contributed by atoms with Crippen LogP contribution in [0.1, 0.15) is 49.4 Å². The van der Waals surface area contributed by atoms with E-state index >= 15 is 0 Å². The number of nitrogens with two attached hydrogens (primary N) is 1. The Morgan fingerprint density at radius 3 is 2.84 bits per heavy atom. The summed E-state index contributed by atoms with van der Waals surface area (Å²) in [4.78, 5) is 26.5. The number of carbonyl (C=O) groups excluding carboxylic acids is 2. The molecule has 1 heterocycles. The second-order valence-corrected chi connectivity index (χ2v) is 8.42. The van der Waals surface area contributed by atoms with E-state index in [1.165, 1.54) is 0 Å². The van der Waals surface area contributed by atoms with Crippen molar-refractivity contribution in [2.75, 3.05) is 39.8 Å². The van der Waals surface area contributed by atoms with Gasteiger partial charge in [-0.25, -0.2) is 4.79 Å². The number of unbranched alkanes of at least 4 members (excludes halogenated alkanes) is 2. The summed E-state index contributed by atoms with van der Waals surface area (Å²) in [5.74, 6) is 0.812. The van der Waals surface area contributed by atoms with Gasteiger partial charge in [-0.05, 0) is 62.9 Å². The Morgan fingerprint density at radius 1 is 1.29 bits per heavy atom. The summed E-state index contributed by atoms with van der Waals surface area (Å²) in [6.07, 6.45) is 4.60. The van der Waals surface area contributed by atoms with Crippen molar-refractivity contribution in [1.29, 1.82) is 0 Å². The second-order valence-electron chi connectivity index (χ2n) is 7.99. The first-order chi connectivity index (χ1) is 14.9. The number of hydrogen-bond acceptors (Lipinski definition) is 5. The van der Waals surface area contributed by atoms with Gasteiger partial charge < -0.3 is 31.3 Å². The molecule has 2 rings (SSSR count). The van der Waals surface area contributed by atoms with Gasteiger partial charge in [0, 0.05) is 24.7 Å². The number of halogens is 1. The monoisotopic (exact) mass is 453 g/mol. The Kier molecular flexibility index (Phi) is 10.9. The topological polar surface area (TPSA) is 109 Å². The first kappa shape index (κ1) is 25.2. The molecule has 1 aliphatic rings. The van der Waals surface area contributed by atoms with Gasteiger partial charge in [-0.3, -0.25) is 4.79 Å². The van der Waals surface area contributed by atoms with Gasteiger partial charge in [0.25, 0.3) is 5.91 Å². The van der Waals surface area contributed by atoms with Gasteiger partial charge in [-0.2, -0.15) is 0 Å². The molecule has 1 fully saturated rings. The minimum Gasteiger partial charge on any atom is -0.496 e. The average molecular weight is 454 g/mol. The number of amides is 3. The average Bonchev–Trinajstić information content (AvgIpc) is 3.22. The molecular formula is C22H36ClN5O3. The number of likely N-dealkylation sites (tertiary alicyclic amines) is 1. The summed E-state index contributed by atoms with van der Waals surface area (Å²) in [5, 5.41) is 9.05. The van der Waals surface area contributed by atoms with E-state index in [-0.39, 0.29) is 18.1 Å². The van der Waals surface area contributed by atoms with Crippen molar-refractivity contribution in [3.63, 3.8) is 0 Å². The molecule has 0 radical (unpaired) electrons. The highest BCUT2D eigenvalue weighted by Crippen LogP contribution is 2.23. The lowest BCUT2D eigenvalue weighted by molar-refractivity contribution is 0.0944. The normalized spacial score (nSPS) is 17.2. The van der Waals surface area contributed by atoms with Crippen LogP contribution in [0.4, 0.5) is 4.79 Å². The minimum absolute atomic E-state index is 0.158. The van der Waals surface area contributed by atoms with Crippen LogP contribution in [0.3, 0.4) is 0 Å². The van der Waals surface area contributed by atoms with Crippen LogP contribution in [0.15, 0.2) is 18.2 Å². The Hall–Kier alpha value is -2.03. The molecule has 0 spiro atoms. The molecule has 0 saturated carbocycles. The maximum absolute atomic E-state index is 12.5. The molecule has 1 aromatic rings. The Labute approximate surface area is 190 Å². The van der Waals surface area contributed by atoms with Gasteiger partial charge in [-0.1, -0.05) is 24.9 Å². The molecule has 174 valence electrons. The van der Waals surface area contributed by atoms with Crippen molar-refractivity contribution in [3.8, 4) is 5.75 Å². The summed E-state index contributed by atoms with van der Waals surface area (Å²) in [6, 6.07) is 4.84. The Balaban J connectivity index is 1.58. The standard InChI is InChI=1S/C22H36ClN5O3/c1-3-20(24)27-22(30)25-10-5-4-6-11-28-12-9-16(15-28)14-26-21(29)18-13-17(23)7-8-19(18)31-2/h7-8,13,16,20H,3-6,9-12,14-15,24H2,1-2H3,(H,26,29)(H2,25,27,30)/t16-,20?/m1/s1. The molecule has 1 unspecified atom stereocenters. The molecule has 3 amide bonds. The molecule has 2 atom stereocenters. The van der Waals surface area contributed by atoms with E-state index in [0.717, 1.165) is 45.3 Å². The van der Waals surface area contributed by atoms with Gasteiger partial charge in [-0.15, -0.1) is 0 Å². The number of methoxy groups -OCH3 is 1. The predicted molar refractivity (Wildman–Crippen MR) is 124 cm³/mol. The smallest absolute Gasteiger partial charge is 0.316 e. The van der Waals surface area contributed by atoms with Crippen LogP contribution in [-0.2, 0) is 0 Å². The zero-order valence-corrected chi connectivity index (χ0v) is 19.3. The van der Waals surface area contributed by atoms with Crippen molar-refractivity contribution < 1.29 is 14.3 Å². The van der Waals surface area contributed by atoms with Crippen molar-refractivity contribution in [2.45, 2.75) is 45.2 Å². The predicted octanol–water partition coefficient (Wildman–Crippen LogP) is 2.56. The third-order valence-electron chi connectivity index (χ3n) is 5.52. The number of urea groups is 1. The van der Waals surface area contributed by atoms with Gasteiger partial charge in [0.2, 0.25) is 0 Å². The minimum atomic E-state index is -0.291. The van der Waals surface area contributed by atoms with Crippen LogP contribution < -0.4 is 26.4 Å². The third kappa shape index (κ3) is 8.93. The lowest BCUT2D eigenvalue weighted by Crippen LogP contribution is -2.46. The van der Waals surface area contributed by atoms with E-state index < -0.39 is 0 Å². The fourth-order valence-corrected chi connectivity index (χ4v) is 3.81. The molecule has 9 heteroatoms. The highest BCUT2D eigenvalue weighted by molar-refractivity contribution is 6.31. The van der Waals surface area contributed by atoms with Crippen LogP contribution >= 0.6 is 11.6 Å². The Morgan fingerprint density at radius 2 is 2.10 bits per heavy atom. The summed E-state index contributed by atoms with van der Waals surface area (Å²) < 4.78 is 5.26. The molecule has 5 N–H and O–H groups in total. The molecule has 0 aromatic heterocycles. The van der Waals surface area contributed by atoms with E-state index in [9.17, 15) is 9.59 Å². The number of nitrogens with one attached hydrogen (secondary N) is 3. The Bertz CT molecular complexity index is 718. The molecule has 31 heavy (non-hydrogen) atoms. The maximum atomic E-state index is 12.5. The van der Waals surface area contributed by atoms with Gasteiger partial charge in [0.1, 0.15) is 5.75 Å². The molecule has 1 aromatic carbocycles. The quantitative estimate of drug-likeness (QED) is 0.287. The molecule has 0 aliphatic carbocycles. The van der Waals surface area contributed by atoms with E-state index in [4.69, 9.17) is 22.1 Å². The van der Waals surface area contributed by atoms with E-state index in [1.807, 2.05) is 6.92 Å². The number of hydrogen-bond donors (Lipinski definition) is 4. The van der Waals surface area contributed by atoms with Crippen molar-refractivity contribution >= 4 is 23.5 Å². The molecular weight excluding hydrogens is 418 g/mol. The van der Waals surface area contributed by atoms with E-state index in [2.05, 4.69) is 20.9 Å². The molecule has 1 saturated heterocycles. The lowest BCUT2D eigenvalue weighted by atomic mass is 10.1. The molecule has 1 aliphatic heterocycles. The van der Waals surface area contributed by atoms with Gasteiger partial charge in [0.05, 0.1) is 18.8 Å². The summed E-state index contributed by atoms with van der Waals surface area (Å²) in [7, 11) is 1.54. The zero-order chi connectivity index (χ0) is 22.6. The van der Waals surface area contributed by atoms with Gasteiger partial charge >= 0.3 is 6.03 Å². The first-order valence-electron chi connectivity index (χ1n) is 11.1. The third-order valence-corrected chi connectivity index (χ3v) is 5.76. The van der Waals surface area contributed by atoms with Crippen molar-refractivity contribution in [1.82, 2.24) is 20.9 Å². The second kappa shape index (κ2) is 13.4. The fourth-order valence-electron chi connectivity index (χ4n) is 3.63.